The first-order valence-corrected chi connectivity index (χ1v) is 11.0. The van der Waals surface area contributed by atoms with Gasteiger partial charge in [-0.1, -0.05) is 54.6 Å². The molecule has 2 saturated heterocycles. The summed E-state index contributed by atoms with van der Waals surface area (Å²) in [5, 5.41) is 10.1. The molecule has 0 bridgehead atoms. The van der Waals surface area contributed by atoms with Gasteiger partial charge in [0.05, 0.1) is 13.2 Å². The van der Waals surface area contributed by atoms with E-state index < -0.39 is 0 Å². The van der Waals surface area contributed by atoms with Gasteiger partial charge in [0.25, 0.3) is 0 Å². The Morgan fingerprint density at radius 3 is 2.33 bits per heavy atom. The Hall–Kier alpha value is -2.21. The SMILES string of the molecule is CN(C)CC(=O)N1CCCCN2[C@@H](CO)[C@@H](c3ccc(-c4ccccc4)cc3)[C@@H]2C1. The second-order valence-corrected chi connectivity index (χ2v) is 8.85. The lowest BCUT2D eigenvalue weighted by Gasteiger charge is -2.57. The second-order valence-electron chi connectivity index (χ2n) is 8.85. The molecule has 1 amide bonds. The number of nitrogens with zero attached hydrogens (tertiary/aromatic N) is 3. The number of benzene rings is 2. The van der Waals surface area contributed by atoms with Crippen LogP contribution in [0.25, 0.3) is 11.1 Å². The Morgan fingerprint density at radius 2 is 1.67 bits per heavy atom. The van der Waals surface area contributed by atoms with E-state index in [1.165, 1.54) is 16.7 Å². The van der Waals surface area contributed by atoms with Gasteiger partial charge in [-0.2, -0.15) is 0 Å². The second kappa shape index (κ2) is 9.29. The summed E-state index contributed by atoms with van der Waals surface area (Å²) in [6, 6.07) is 19.6. The van der Waals surface area contributed by atoms with Crippen LogP contribution < -0.4 is 0 Å². The molecule has 30 heavy (non-hydrogen) atoms. The summed E-state index contributed by atoms with van der Waals surface area (Å²) < 4.78 is 0. The monoisotopic (exact) mass is 407 g/mol. The van der Waals surface area contributed by atoms with Crippen molar-refractivity contribution in [2.24, 2.45) is 0 Å². The van der Waals surface area contributed by atoms with E-state index >= 15 is 0 Å². The maximum Gasteiger partial charge on any atom is 0.236 e. The number of rotatable bonds is 5. The molecule has 1 N–H and O–H groups in total. The van der Waals surface area contributed by atoms with Crippen LogP contribution in [0.2, 0.25) is 0 Å². The van der Waals surface area contributed by atoms with Gasteiger partial charge in [0.1, 0.15) is 0 Å². The zero-order valence-electron chi connectivity index (χ0n) is 18.1. The summed E-state index contributed by atoms with van der Waals surface area (Å²) in [5.74, 6) is 0.458. The highest BCUT2D eigenvalue weighted by Crippen LogP contribution is 2.42. The molecule has 0 radical (unpaired) electrons. The van der Waals surface area contributed by atoms with Crippen LogP contribution in [0.5, 0.6) is 0 Å². The molecular formula is C25H33N3O2. The van der Waals surface area contributed by atoms with Crippen molar-refractivity contribution < 1.29 is 9.90 Å². The van der Waals surface area contributed by atoms with Crippen molar-refractivity contribution in [2.75, 3.05) is 46.9 Å². The molecule has 4 rings (SSSR count). The van der Waals surface area contributed by atoms with Gasteiger partial charge in [-0.15, -0.1) is 0 Å². The minimum Gasteiger partial charge on any atom is -0.395 e. The fraction of sp³-hybridized carbons (Fsp3) is 0.480. The molecule has 2 heterocycles. The van der Waals surface area contributed by atoms with E-state index in [-0.39, 0.29) is 30.5 Å². The van der Waals surface area contributed by atoms with E-state index in [0.717, 1.165) is 32.5 Å². The summed E-state index contributed by atoms with van der Waals surface area (Å²) in [6.07, 6.45) is 2.09. The Kier molecular flexibility index (Phi) is 6.52. The van der Waals surface area contributed by atoms with E-state index in [1.54, 1.807) is 0 Å². The highest BCUT2D eigenvalue weighted by molar-refractivity contribution is 5.78. The number of aliphatic hydroxyl groups excluding tert-OH is 1. The molecule has 0 saturated carbocycles. The molecule has 160 valence electrons. The molecule has 5 nitrogen and oxygen atoms in total. The molecule has 0 spiro atoms. The van der Waals surface area contributed by atoms with Crippen molar-refractivity contribution >= 4 is 5.91 Å². The number of fused-ring (bicyclic) bond motifs is 1. The first-order chi connectivity index (χ1) is 14.6. The van der Waals surface area contributed by atoms with Crippen molar-refractivity contribution in [1.29, 1.82) is 0 Å². The third-order valence-corrected chi connectivity index (χ3v) is 6.58. The Balaban J connectivity index is 1.55. The lowest BCUT2D eigenvalue weighted by atomic mass is 9.74. The maximum absolute atomic E-state index is 12.8. The van der Waals surface area contributed by atoms with Crippen LogP contribution in [0.4, 0.5) is 0 Å². The number of carbonyl (C=O) groups excluding carboxylic acids is 1. The fourth-order valence-corrected chi connectivity index (χ4v) is 5.07. The number of aliphatic hydroxyl groups is 1. The number of likely N-dealkylation sites (N-methyl/N-ethyl adjacent to an activating group) is 1. The smallest absolute Gasteiger partial charge is 0.236 e. The molecule has 2 aliphatic rings. The van der Waals surface area contributed by atoms with Gasteiger partial charge in [-0.3, -0.25) is 9.69 Å². The predicted molar refractivity (Wildman–Crippen MR) is 120 cm³/mol. The number of hydrogen-bond donors (Lipinski definition) is 1. The van der Waals surface area contributed by atoms with Gasteiger partial charge >= 0.3 is 0 Å². The van der Waals surface area contributed by atoms with Crippen LogP contribution in [0.3, 0.4) is 0 Å². The lowest BCUT2D eigenvalue weighted by Crippen LogP contribution is -2.68. The minimum atomic E-state index is 0.140. The summed E-state index contributed by atoms with van der Waals surface area (Å²) >= 11 is 0. The van der Waals surface area contributed by atoms with Crippen LogP contribution in [0.1, 0.15) is 24.3 Å². The fourth-order valence-electron chi connectivity index (χ4n) is 5.07. The summed E-state index contributed by atoms with van der Waals surface area (Å²) in [7, 11) is 3.88. The normalized spacial score (nSPS) is 24.7. The van der Waals surface area contributed by atoms with E-state index in [9.17, 15) is 9.90 Å². The van der Waals surface area contributed by atoms with Crippen LogP contribution in [-0.4, -0.2) is 84.7 Å². The highest BCUT2D eigenvalue weighted by atomic mass is 16.3. The van der Waals surface area contributed by atoms with Gasteiger partial charge in [0, 0.05) is 31.1 Å². The van der Waals surface area contributed by atoms with Crippen molar-refractivity contribution in [1.82, 2.24) is 14.7 Å². The van der Waals surface area contributed by atoms with Crippen molar-refractivity contribution in [3.05, 3.63) is 60.2 Å². The van der Waals surface area contributed by atoms with Crippen molar-refractivity contribution in [3.8, 4) is 11.1 Å². The van der Waals surface area contributed by atoms with Crippen molar-refractivity contribution in [2.45, 2.75) is 30.8 Å². The quantitative estimate of drug-likeness (QED) is 0.828. The van der Waals surface area contributed by atoms with E-state index in [2.05, 4.69) is 53.4 Å². The van der Waals surface area contributed by atoms with E-state index in [4.69, 9.17) is 0 Å². The zero-order chi connectivity index (χ0) is 21.1. The van der Waals surface area contributed by atoms with Gasteiger partial charge < -0.3 is 14.9 Å². The first-order valence-electron chi connectivity index (χ1n) is 11.0. The average Bonchev–Trinajstić information content (AvgIpc) is 2.73. The van der Waals surface area contributed by atoms with Gasteiger partial charge in [-0.05, 0) is 50.2 Å². The topological polar surface area (TPSA) is 47.0 Å². The number of carbonyl (C=O) groups is 1. The van der Waals surface area contributed by atoms with Crippen molar-refractivity contribution in [3.63, 3.8) is 0 Å². The molecule has 0 aliphatic carbocycles. The molecule has 5 heteroatoms. The highest BCUT2D eigenvalue weighted by Gasteiger charge is 2.49. The molecule has 0 unspecified atom stereocenters. The third-order valence-electron chi connectivity index (χ3n) is 6.58. The standard InChI is InChI=1S/C25H33N3O2/c1-26(2)17-24(30)27-14-6-7-15-28-22(16-27)25(23(28)18-29)21-12-10-20(11-13-21)19-8-4-3-5-9-19/h3-5,8-13,22-23,25,29H,6-7,14-18H2,1-2H3/t22-,23-,25-/m0/s1. The molecule has 2 aliphatic heterocycles. The minimum absolute atomic E-state index is 0.140. The molecule has 0 aromatic heterocycles. The van der Waals surface area contributed by atoms with Gasteiger partial charge in [-0.25, -0.2) is 0 Å². The van der Waals surface area contributed by atoms with Gasteiger partial charge in [0.2, 0.25) is 5.91 Å². The zero-order valence-corrected chi connectivity index (χ0v) is 18.1. The van der Waals surface area contributed by atoms with Crippen LogP contribution in [0.15, 0.2) is 54.6 Å². The molecule has 2 fully saturated rings. The van der Waals surface area contributed by atoms with E-state index in [1.807, 2.05) is 30.0 Å². The Morgan fingerprint density at radius 1 is 1.00 bits per heavy atom. The first kappa shape index (κ1) is 21.0. The average molecular weight is 408 g/mol. The molecular weight excluding hydrogens is 374 g/mol. The number of hydrogen-bond acceptors (Lipinski definition) is 4. The third kappa shape index (κ3) is 4.29. The lowest BCUT2D eigenvalue weighted by molar-refractivity contribution is -0.137. The molecule has 3 atom stereocenters. The Bertz CT molecular complexity index is 837. The molecule has 2 aromatic rings. The van der Waals surface area contributed by atoms with Crippen LogP contribution >= 0.6 is 0 Å². The van der Waals surface area contributed by atoms with Crippen LogP contribution in [-0.2, 0) is 4.79 Å². The van der Waals surface area contributed by atoms with Crippen LogP contribution in [0, 0.1) is 0 Å². The predicted octanol–water partition coefficient (Wildman–Crippen LogP) is 2.67. The Labute approximate surface area is 179 Å². The maximum atomic E-state index is 12.8. The number of amides is 1. The summed E-state index contributed by atoms with van der Waals surface area (Å²) in [4.78, 5) is 19.2. The molecule has 2 aromatic carbocycles. The van der Waals surface area contributed by atoms with E-state index in [0.29, 0.717) is 6.54 Å². The summed E-state index contributed by atoms with van der Waals surface area (Å²) in [5.41, 5.74) is 3.68. The summed E-state index contributed by atoms with van der Waals surface area (Å²) in [6.45, 7) is 3.19. The van der Waals surface area contributed by atoms with Gasteiger partial charge in [0.15, 0.2) is 0 Å². The largest absolute Gasteiger partial charge is 0.395 e.